The molecule has 2 rings (SSSR count). The van der Waals surface area contributed by atoms with Crippen LogP contribution in [0, 0.1) is 5.92 Å². The first kappa shape index (κ1) is 12.1. The Hall–Kier alpha value is -1.38. The molecular formula is C14H20N2O. The van der Waals surface area contributed by atoms with Gasteiger partial charge in [-0.05, 0) is 43.7 Å². The number of hydrogen-bond donors (Lipinski definition) is 1. The van der Waals surface area contributed by atoms with Crippen LogP contribution in [-0.4, -0.2) is 16.9 Å². The van der Waals surface area contributed by atoms with Crippen LogP contribution in [0.2, 0.25) is 0 Å². The van der Waals surface area contributed by atoms with E-state index in [4.69, 9.17) is 0 Å². The molecule has 0 saturated heterocycles. The molecule has 0 aliphatic heterocycles. The van der Waals surface area contributed by atoms with Crippen LogP contribution in [0.5, 0.6) is 0 Å². The summed E-state index contributed by atoms with van der Waals surface area (Å²) in [7, 11) is 0. The molecule has 1 saturated carbocycles. The highest BCUT2D eigenvalue weighted by atomic mass is 16.1. The number of hydrogen-bond acceptors (Lipinski definition) is 2. The molecule has 17 heavy (non-hydrogen) atoms. The van der Waals surface area contributed by atoms with Crippen molar-refractivity contribution in [1.82, 2.24) is 10.3 Å². The van der Waals surface area contributed by atoms with E-state index in [0.717, 1.165) is 18.8 Å². The van der Waals surface area contributed by atoms with Crippen LogP contribution in [-0.2, 0) is 0 Å². The average molecular weight is 232 g/mol. The Morgan fingerprint density at radius 2 is 1.94 bits per heavy atom. The van der Waals surface area contributed by atoms with Gasteiger partial charge < -0.3 is 5.32 Å². The number of rotatable bonds is 3. The molecule has 1 aromatic rings. The zero-order chi connectivity index (χ0) is 12.1. The first-order chi connectivity index (χ1) is 8.29. The van der Waals surface area contributed by atoms with Crippen LogP contribution in [0.4, 0.5) is 0 Å². The molecule has 0 radical (unpaired) electrons. The van der Waals surface area contributed by atoms with E-state index in [1.54, 1.807) is 24.5 Å². The van der Waals surface area contributed by atoms with Crippen molar-refractivity contribution in [3.63, 3.8) is 0 Å². The predicted molar refractivity (Wildman–Crippen MR) is 67.7 cm³/mol. The highest BCUT2D eigenvalue weighted by Gasteiger charge is 2.21. The summed E-state index contributed by atoms with van der Waals surface area (Å²) in [5.41, 5.74) is 0.706. The lowest BCUT2D eigenvalue weighted by Gasteiger charge is -2.28. The summed E-state index contributed by atoms with van der Waals surface area (Å²) < 4.78 is 0. The van der Waals surface area contributed by atoms with Gasteiger partial charge in [0.25, 0.3) is 5.91 Å². The minimum absolute atomic E-state index is 0.0346. The van der Waals surface area contributed by atoms with Crippen LogP contribution in [0.25, 0.3) is 0 Å². The van der Waals surface area contributed by atoms with Gasteiger partial charge in [-0.25, -0.2) is 0 Å². The molecule has 3 nitrogen and oxygen atoms in total. The Kier molecular flexibility index (Phi) is 4.13. The average Bonchev–Trinajstić information content (AvgIpc) is 2.40. The Labute approximate surface area is 103 Å². The number of carbonyl (C=O) groups excluding carboxylic acids is 1. The Bertz CT molecular complexity index is 356. The maximum Gasteiger partial charge on any atom is 0.251 e. The predicted octanol–water partition coefficient (Wildman–Crippen LogP) is 2.78. The van der Waals surface area contributed by atoms with Gasteiger partial charge in [-0.2, -0.15) is 0 Å². The van der Waals surface area contributed by atoms with Gasteiger partial charge in [-0.3, -0.25) is 9.78 Å². The third-order valence-electron chi connectivity index (χ3n) is 3.70. The zero-order valence-electron chi connectivity index (χ0n) is 10.4. The standard InChI is InChI=1S/C14H20N2O/c1-2-11-3-5-13(6-4-11)16-14(17)12-7-9-15-10-8-12/h7-11,13H,2-6H2,1H3,(H,16,17). The molecule has 1 fully saturated rings. The second kappa shape index (κ2) is 5.80. The van der Waals surface area contributed by atoms with E-state index < -0.39 is 0 Å². The molecule has 1 heterocycles. The van der Waals surface area contributed by atoms with Gasteiger partial charge in [0.2, 0.25) is 0 Å². The molecular weight excluding hydrogens is 212 g/mol. The fourth-order valence-electron chi connectivity index (χ4n) is 2.49. The zero-order valence-corrected chi connectivity index (χ0v) is 10.4. The quantitative estimate of drug-likeness (QED) is 0.870. The highest BCUT2D eigenvalue weighted by molar-refractivity contribution is 5.94. The second-order valence-electron chi connectivity index (χ2n) is 4.84. The van der Waals surface area contributed by atoms with E-state index in [-0.39, 0.29) is 5.91 Å². The molecule has 1 N–H and O–H groups in total. The van der Waals surface area contributed by atoms with Gasteiger partial charge in [0.1, 0.15) is 0 Å². The van der Waals surface area contributed by atoms with Crippen molar-refractivity contribution in [1.29, 1.82) is 0 Å². The summed E-state index contributed by atoms with van der Waals surface area (Å²) in [5, 5.41) is 3.11. The molecule has 0 bridgehead atoms. The largest absolute Gasteiger partial charge is 0.349 e. The number of nitrogens with zero attached hydrogens (tertiary/aromatic N) is 1. The minimum atomic E-state index is 0.0346. The second-order valence-corrected chi connectivity index (χ2v) is 4.84. The number of amides is 1. The Morgan fingerprint density at radius 3 is 2.53 bits per heavy atom. The van der Waals surface area contributed by atoms with Crippen LogP contribution in [0.1, 0.15) is 49.4 Å². The topological polar surface area (TPSA) is 42.0 Å². The van der Waals surface area contributed by atoms with E-state index in [1.165, 1.54) is 19.3 Å². The summed E-state index contributed by atoms with van der Waals surface area (Å²) in [5.74, 6) is 0.899. The first-order valence-electron chi connectivity index (χ1n) is 6.50. The van der Waals surface area contributed by atoms with Crippen molar-refractivity contribution < 1.29 is 4.79 Å². The van der Waals surface area contributed by atoms with Crippen LogP contribution < -0.4 is 5.32 Å². The molecule has 3 heteroatoms. The number of aromatic nitrogens is 1. The number of carbonyl (C=O) groups is 1. The monoisotopic (exact) mass is 232 g/mol. The van der Waals surface area contributed by atoms with Crippen molar-refractivity contribution >= 4 is 5.91 Å². The smallest absolute Gasteiger partial charge is 0.251 e. The third kappa shape index (κ3) is 3.29. The molecule has 0 unspecified atom stereocenters. The molecule has 1 aliphatic carbocycles. The lowest BCUT2D eigenvalue weighted by atomic mass is 9.84. The normalized spacial score (nSPS) is 24.3. The summed E-state index contributed by atoms with van der Waals surface area (Å²) in [6, 6.07) is 3.87. The van der Waals surface area contributed by atoms with E-state index in [1.807, 2.05) is 0 Å². The maximum atomic E-state index is 11.9. The van der Waals surface area contributed by atoms with Crippen molar-refractivity contribution in [2.45, 2.75) is 45.1 Å². The minimum Gasteiger partial charge on any atom is -0.349 e. The van der Waals surface area contributed by atoms with Crippen molar-refractivity contribution in [2.75, 3.05) is 0 Å². The van der Waals surface area contributed by atoms with Gasteiger partial charge in [0.15, 0.2) is 0 Å². The van der Waals surface area contributed by atoms with Gasteiger partial charge in [-0.15, -0.1) is 0 Å². The molecule has 92 valence electrons. The van der Waals surface area contributed by atoms with Gasteiger partial charge in [-0.1, -0.05) is 13.3 Å². The summed E-state index contributed by atoms with van der Waals surface area (Å²) in [4.78, 5) is 15.8. The fraction of sp³-hybridized carbons (Fsp3) is 0.571. The fourth-order valence-corrected chi connectivity index (χ4v) is 2.49. The molecule has 1 amide bonds. The van der Waals surface area contributed by atoms with Gasteiger partial charge >= 0.3 is 0 Å². The highest BCUT2D eigenvalue weighted by Crippen LogP contribution is 2.26. The number of pyridine rings is 1. The first-order valence-corrected chi connectivity index (χ1v) is 6.50. The maximum absolute atomic E-state index is 11.9. The molecule has 0 spiro atoms. The van der Waals surface area contributed by atoms with Crippen molar-refractivity contribution in [3.8, 4) is 0 Å². The van der Waals surface area contributed by atoms with Gasteiger partial charge in [0.05, 0.1) is 0 Å². The molecule has 0 aromatic carbocycles. The van der Waals surface area contributed by atoms with Crippen molar-refractivity contribution in [3.05, 3.63) is 30.1 Å². The van der Waals surface area contributed by atoms with Crippen LogP contribution >= 0.6 is 0 Å². The summed E-state index contributed by atoms with van der Waals surface area (Å²) in [6.07, 6.45) is 9.32. The Morgan fingerprint density at radius 1 is 1.29 bits per heavy atom. The number of nitrogens with one attached hydrogen (secondary N) is 1. The van der Waals surface area contributed by atoms with E-state index in [9.17, 15) is 4.79 Å². The van der Waals surface area contributed by atoms with Crippen molar-refractivity contribution in [2.24, 2.45) is 5.92 Å². The van der Waals surface area contributed by atoms with E-state index in [2.05, 4.69) is 17.2 Å². The Balaban J connectivity index is 1.84. The van der Waals surface area contributed by atoms with Crippen LogP contribution in [0.3, 0.4) is 0 Å². The van der Waals surface area contributed by atoms with E-state index >= 15 is 0 Å². The lowest BCUT2D eigenvalue weighted by molar-refractivity contribution is 0.0921. The van der Waals surface area contributed by atoms with Crippen LogP contribution in [0.15, 0.2) is 24.5 Å². The third-order valence-corrected chi connectivity index (χ3v) is 3.70. The lowest BCUT2D eigenvalue weighted by Crippen LogP contribution is -2.37. The summed E-state index contributed by atoms with van der Waals surface area (Å²) >= 11 is 0. The van der Waals surface area contributed by atoms with E-state index in [0.29, 0.717) is 11.6 Å². The molecule has 1 aliphatic rings. The van der Waals surface area contributed by atoms with Gasteiger partial charge in [0, 0.05) is 24.0 Å². The molecule has 1 aromatic heterocycles. The summed E-state index contributed by atoms with van der Waals surface area (Å²) in [6.45, 7) is 2.25. The SMILES string of the molecule is CCC1CCC(NC(=O)c2ccncc2)CC1. The molecule has 0 atom stereocenters.